The molecule has 1 aliphatic rings. The van der Waals surface area contributed by atoms with Crippen LogP contribution in [-0.2, 0) is 6.54 Å². The standard InChI is InChI=1S/C14H23N3/c1-11-7-15-6-5-13(11)9-17-10-14(3,4)16-8-12(17)2/h5-7,12,16H,8-10H2,1-4H3. The molecule has 0 amide bonds. The van der Waals surface area contributed by atoms with E-state index in [0.717, 1.165) is 19.6 Å². The van der Waals surface area contributed by atoms with Gasteiger partial charge in [0, 0.05) is 43.6 Å². The lowest BCUT2D eigenvalue weighted by Gasteiger charge is -2.43. The number of aryl methyl sites for hydroxylation is 1. The topological polar surface area (TPSA) is 28.2 Å². The fourth-order valence-electron chi connectivity index (χ4n) is 2.38. The van der Waals surface area contributed by atoms with Crippen molar-refractivity contribution in [3.05, 3.63) is 29.6 Å². The van der Waals surface area contributed by atoms with Gasteiger partial charge in [0.15, 0.2) is 0 Å². The molecule has 3 nitrogen and oxygen atoms in total. The number of hydrogen-bond acceptors (Lipinski definition) is 3. The molecule has 1 N–H and O–H groups in total. The van der Waals surface area contributed by atoms with Gasteiger partial charge < -0.3 is 5.32 Å². The minimum absolute atomic E-state index is 0.216. The smallest absolute Gasteiger partial charge is 0.0300 e. The predicted octanol–water partition coefficient (Wildman–Crippen LogP) is 1.96. The van der Waals surface area contributed by atoms with Crippen molar-refractivity contribution in [1.29, 1.82) is 0 Å². The van der Waals surface area contributed by atoms with Crippen LogP contribution in [0.3, 0.4) is 0 Å². The maximum Gasteiger partial charge on any atom is 0.0300 e. The first kappa shape index (κ1) is 12.5. The molecule has 2 rings (SSSR count). The van der Waals surface area contributed by atoms with E-state index >= 15 is 0 Å². The van der Waals surface area contributed by atoms with Crippen LogP contribution in [0.4, 0.5) is 0 Å². The summed E-state index contributed by atoms with van der Waals surface area (Å²) in [7, 11) is 0. The maximum absolute atomic E-state index is 4.15. The number of hydrogen-bond donors (Lipinski definition) is 1. The Bertz CT molecular complexity index is 387. The summed E-state index contributed by atoms with van der Waals surface area (Å²) in [5, 5.41) is 3.58. The van der Waals surface area contributed by atoms with E-state index in [1.807, 2.05) is 12.4 Å². The van der Waals surface area contributed by atoms with Gasteiger partial charge >= 0.3 is 0 Å². The van der Waals surface area contributed by atoms with Gasteiger partial charge in [-0.2, -0.15) is 0 Å². The van der Waals surface area contributed by atoms with Gasteiger partial charge in [-0.1, -0.05) is 0 Å². The third kappa shape index (κ3) is 3.05. The molecule has 1 aromatic heterocycles. The van der Waals surface area contributed by atoms with Gasteiger partial charge in [-0.15, -0.1) is 0 Å². The number of nitrogens with one attached hydrogen (secondary N) is 1. The molecule has 0 aliphatic carbocycles. The summed E-state index contributed by atoms with van der Waals surface area (Å²) in [5.74, 6) is 0. The Balaban J connectivity index is 2.10. The lowest BCUT2D eigenvalue weighted by molar-refractivity contribution is 0.0975. The Morgan fingerprint density at radius 1 is 1.53 bits per heavy atom. The van der Waals surface area contributed by atoms with E-state index in [9.17, 15) is 0 Å². The summed E-state index contributed by atoms with van der Waals surface area (Å²) in [5.41, 5.74) is 2.90. The molecule has 1 aliphatic heterocycles. The summed E-state index contributed by atoms with van der Waals surface area (Å²) in [6.07, 6.45) is 3.84. The second kappa shape index (κ2) is 4.75. The zero-order chi connectivity index (χ0) is 12.5. The molecule has 3 heteroatoms. The van der Waals surface area contributed by atoms with Gasteiger partial charge in [0.2, 0.25) is 0 Å². The molecular formula is C14H23N3. The van der Waals surface area contributed by atoms with Crippen molar-refractivity contribution in [2.24, 2.45) is 0 Å². The first-order valence-electron chi connectivity index (χ1n) is 6.36. The second-order valence-corrected chi connectivity index (χ2v) is 5.82. The fourth-order valence-corrected chi connectivity index (χ4v) is 2.38. The average molecular weight is 233 g/mol. The third-order valence-corrected chi connectivity index (χ3v) is 3.61. The molecule has 2 heterocycles. The van der Waals surface area contributed by atoms with E-state index in [1.54, 1.807) is 0 Å². The molecule has 0 saturated carbocycles. The molecule has 1 saturated heterocycles. The minimum Gasteiger partial charge on any atom is -0.309 e. The van der Waals surface area contributed by atoms with Gasteiger partial charge in [0.05, 0.1) is 0 Å². The molecule has 1 unspecified atom stereocenters. The lowest BCUT2D eigenvalue weighted by Crippen LogP contribution is -2.60. The van der Waals surface area contributed by atoms with Crippen molar-refractivity contribution in [1.82, 2.24) is 15.2 Å². The molecule has 0 aromatic carbocycles. The monoisotopic (exact) mass is 233 g/mol. The lowest BCUT2D eigenvalue weighted by atomic mass is 9.98. The highest BCUT2D eigenvalue weighted by Crippen LogP contribution is 2.18. The van der Waals surface area contributed by atoms with Crippen LogP contribution in [0, 0.1) is 6.92 Å². The molecular weight excluding hydrogens is 210 g/mol. The molecule has 0 radical (unpaired) electrons. The van der Waals surface area contributed by atoms with Gasteiger partial charge in [0.25, 0.3) is 0 Å². The highest BCUT2D eigenvalue weighted by Gasteiger charge is 2.30. The van der Waals surface area contributed by atoms with E-state index in [1.165, 1.54) is 11.1 Å². The molecule has 1 aromatic rings. The Labute approximate surface area is 104 Å². The van der Waals surface area contributed by atoms with E-state index < -0.39 is 0 Å². The summed E-state index contributed by atoms with van der Waals surface area (Å²) in [6.45, 7) is 12.2. The normalized spacial score (nSPS) is 24.8. The molecule has 1 fully saturated rings. The molecule has 94 valence electrons. The van der Waals surface area contributed by atoms with Crippen LogP contribution in [0.25, 0.3) is 0 Å². The Kier molecular flexibility index (Phi) is 3.50. The number of nitrogens with zero attached hydrogens (tertiary/aromatic N) is 2. The van der Waals surface area contributed by atoms with Crippen molar-refractivity contribution in [3.8, 4) is 0 Å². The Morgan fingerprint density at radius 3 is 3.00 bits per heavy atom. The summed E-state index contributed by atoms with van der Waals surface area (Å²) in [6, 6.07) is 2.73. The summed E-state index contributed by atoms with van der Waals surface area (Å²) < 4.78 is 0. The van der Waals surface area contributed by atoms with Gasteiger partial charge in [0.1, 0.15) is 0 Å². The Morgan fingerprint density at radius 2 is 2.29 bits per heavy atom. The highest BCUT2D eigenvalue weighted by molar-refractivity contribution is 5.21. The van der Waals surface area contributed by atoms with Crippen LogP contribution in [0.5, 0.6) is 0 Å². The van der Waals surface area contributed by atoms with Gasteiger partial charge in [-0.3, -0.25) is 9.88 Å². The van der Waals surface area contributed by atoms with Crippen molar-refractivity contribution < 1.29 is 0 Å². The zero-order valence-corrected chi connectivity index (χ0v) is 11.3. The Hall–Kier alpha value is -0.930. The number of piperazine rings is 1. The fraction of sp³-hybridized carbons (Fsp3) is 0.643. The third-order valence-electron chi connectivity index (χ3n) is 3.61. The number of aromatic nitrogens is 1. The molecule has 1 atom stereocenters. The van der Waals surface area contributed by atoms with Crippen LogP contribution >= 0.6 is 0 Å². The second-order valence-electron chi connectivity index (χ2n) is 5.82. The van der Waals surface area contributed by atoms with E-state index in [2.05, 4.69) is 49.0 Å². The number of pyridine rings is 1. The van der Waals surface area contributed by atoms with Crippen molar-refractivity contribution >= 4 is 0 Å². The van der Waals surface area contributed by atoms with Gasteiger partial charge in [-0.05, 0) is 44.9 Å². The van der Waals surface area contributed by atoms with Crippen LogP contribution in [0.2, 0.25) is 0 Å². The van der Waals surface area contributed by atoms with E-state index in [4.69, 9.17) is 0 Å². The number of rotatable bonds is 2. The first-order chi connectivity index (χ1) is 7.98. The first-order valence-corrected chi connectivity index (χ1v) is 6.36. The van der Waals surface area contributed by atoms with Crippen molar-refractivity contribution in [3.63, 3.8) is 0 Å². The quantitative estimate of drug-likeness (QED) is 0.846. The zero-order valence-electron chi connectivity index (χ0n) is 11.3. The van der Waals surface area contributed by atoms with Crippen LogP contribution in [0.15, 0.2) is 18.5 Å². The van der Waals surface area contributed by atoms with E-state index in [0.29, 0.717) is 6.04 Å². The summed E-state index contributed by atoms with van der Waals surface area (Å²) in [4.78, 5) is 6.71. The molecule has 17 heavy (non-hydrogen) atoms. The van der Waals surface area contributed by atoms with Crippen molar-refractivity contribution in [2.75, 3.05) is 13.1 Å². The van der Waals surface area contributed by atoms with Crippen LogP contribution < -0.4 is 5.32 Å². The predicted molar refractivity (Wildman–Crippen MR) is 70.9 cm³/mol. The molecule has 0 spiro atoms. The van der Waals surface area contributed by atoms with Crippen molar-refractivity contribution in [2.45, 2.75) is 45.8 Å². The largest absolute Gasteiger partial charge is 0.309 e. The summed E-state index contributed by atoms with van der Waals surface area (Å²) >= 11 is 0. The minimum atomic E-state index is 0.216. The van der Waals surface area contributed by atoms with Gasteiger partial charge in [-0.25, -0.2) is 0 Å². The SMILES string of the molecule is Cc1cnccc1CN1CC(C)(C)NCC1C. The molecule has 0 bridgehead atoms. The van der Waals surface area contributed by atoms with E-state index in [-0.39, 0.29) is 5.54 Å². The highest BCUT2D eigenvalue weighted by atomic mass is 15.2. The van der Waals surface area contributed by atoms with Crippen LogP contribution in [-0.4, -0.2) is 34.6 Å². The average Bonchev–Trinajstić information content (AvgIpc) is 2.26. The maximum atomic E-state index is 4.15. The van der Waals surface area contributed by atoms with Crippen LogP contribution in [0.1, 0.15) is 31.9 Å².